The van der Waals surface area contributed by atoms with Crippen molar-refractivity contribution >= 4 is 5.82 Å². The van der Waals surface area contributed by atoms with E-state index in [1.807, 2.05) is 24.3 Å². The zero-order valence-electron chi connectivity index (χ0n) is 16.3. The number of aromatic nitrogens is 4. The molecule has 3 atom stereocenters. The van der Waals surface area contributed by atoms with Gasteiger partial charge in [-0.1, -0.05) is 19.1 Å². The molecular formula is C20H21FN8. The van der Waals surface area contributed by atoms with Crippen LogP contribution in [0.1, 0.15) is 35.5 Å². The van der Waals surface area contributed by atoms with Crippen molar-refractivity contribution in [1.82, 2.24) is 30.6 Å². The van der Waals surface area contributed by atoms with Gasteiger partial charge in [0.15, 0.2) is 11.6 Å². The van der Waals surface area contributed by atoms with Crippen LogP contribution in [0.2, 0.25) is 0 Å². The Morgan fingerprint density at radius 1 is 1.17 bits per heavy atom. The average Bonchev–Trinajstić information content (AvgIpc) is 3.23. The fourth-order valence-electron chi connectivity index (χ4n) is 3.50. The fraction of sp³-hybridized carbons (Fsp3) is 0.300. The third-order valence-corrected chi connectivity index (χ3v) is 5.22. The molecule has 148 valence electrons. The van der Waals surface area contributed by atoms with Crippen molar-refractivity contribution in [3.8, 4) is 11.9 Å². The number of rotatable bonds is 4. The van der Waals surface area contributed by atoms with E-state index in [-0.39, 0.29) is 23.9 Å². The first-order valence-corrected chi connectivity index (χ1v) is 9.29. The minimum absolute atomic E-state index is 0.0756. The van der Waals surface area contributed by atoms with E-state index in [0.717, 1.165) is 5.56 Å². The van der Waals surface area contributed by atoms with Gasteiger partial charge in [-0.25, -0.2) is 29.9 Å². The summed E-state index contributed by atoms with van der Waals surface area (Å²) in [7, 11) is 0. The van der Waals surface area contributed by atoms with Crippen LogP contribution in [0, 0.1) is 36.9 Å². The Labute approximate surface area is 167 Å². The number of nitrogens with zero attached hydrogens (tertiary/aromatic N) is 5. The minimum Gasteiger partial charge on any atom is -0.353 e. The summed E-state index contributed by atoms with van der Waals surface area (Å²) in [5.41, 5.74) is 9.00. The number of halogens is 1. The van der Waals surface area contributed by atoms with E-state index in [9.17, 15) is 4.39 Å². The number of nitriles is 1. The van der Waals surface area contributed by atoms with Crippen LogP contribution in [0.15, 0.2) is 36.7 Å². The maximum atomic E-state index is 14.0. The van der Waals surface area contributed by atoms with E-state index >= 15 is 0 Å². The Hall–Kier alpha value is -3.35. The molecule has 3 unspecified atom stereocenters. The molecular weight excluding hydrogens is 371 g/mol. The van der Waals surface area contributed by atoms with Crippen LogP contribution < -0.4 is 16.2 Å². The Balaban J connectivity index is 1.51. The van der Waals surface area contributed by atoms with Crippen molar-refractivity contribution in [2.75, 3.05) is 5.32 Å². The molecule has 0 aliphatic carbocycles. The smallest absolute Gasteiger partial charge is 0.167 e. The predicted octanol–water partition coefficient (Wildman–Crippen LogP) is 2.51. The summed E-state index contributed by atoms with van der Waals surface area (Å²) in [4.78, 5) is 8.50. The molecule has 3 aromatic rings. The van der Waals surface area contributed by atoms with Crippen molar-refractivity contribution < 1.29 is 4.39 Å². The highest BCUT2D eigenvalue weighted by molar-refractivity contribution is 5.42. The van der Waals surface area contributed by atoms with Gasteiger partial charge in [0, 0.05) is 12.0 Å². The second-order valence-corrected chi connectivity index (χ2v) is 7.14. The normalized spacial score (nSPS) is 21.1. The summed E-state index contributed by atoms with van der Waals surface area (Å²) in [6.45, 7) is 5.40. The largest absolute Gasteiger partial charge is 0.353 e. The Morgan fingerprint density at radius 3 is 2.59 bits per heavy atom. The maximum absolute atomic E-state index is 14.0. The molecule has 8 nitrogen and oxygen atoms in total. The molecule has 1 aromatic carbocycles. The van der Waals surface area contributed by atoms with Crippen LogP contribution in [-0.4, -0.2) is 25.9 Å². The summed E-state index contributed by atoms with van der Waals surface area (Å²) in [6, 6.07) is 11.5. The lowest BCUT2D eigenvalue weighted by molar-refractivity contribution is 0.481. The monoisotopic (exact) mass is 392 g/mol. The number of nitrogens with one attached hydrogen (secondary N) is 3. The zero-order chi connectivity index (χ0) is 20.5. The summed E-state index contributed by atoms with van der Waals surface area (Å²) in [5.74, 6) is 0.954. The van der Waals surface area contributed by atoms with Gasteiger partial charge >= 0.3 is 0 Å². The second kappa shape index (κ2) is 7.58. The van der Waals surface area contributed by atoms with E-state index in [0.29, 0.717) is 28.6 Å². The van der Waals surface area contributed by atoms with Crippen LogP contribution in [-0.2, 0) is 0 Å². The first kappa shape index (κ1) is 19.0. The van der Waals surface area contributed by atoms with Crippen molar-refractivity contribution in [2.24, 2.45) is 5.92 Å². The second-order valence-electron chi connectivity index (χ2n) is 7.14. The van der Waals surface area contributed by atoms with Gasteiger partial charge < -0.3 is 5.32 Å². The highest BCUT2D eigenvalue weighted by Gasteiger charge is 2.33. The van der Waals surface area contributed by atoms with Crippen molar-refractivity contribution in [1.29, 1.82) is 5.26 Å². The van der Waals surface area contributed by atoms with E-state index in [2.05, 4.69) is 44.2 Å². The maximum Gasteiger partial charge on any atom is 0.167 e. The lowest BCUT2D eigenvalue weighted by atomic mass is 9.94. The van der Waals surface area contributed by atoms with Crippen LogP contribution in [0.25, 0.3) is 5.82 Å². The lowest BCUT2D eigenvalue weighted by Crippen LogP contribution is -2.38. The number of aryl methyl sites for hydroxylation is 1. The Morgan fingerprint density at radius 2 is 1.93 bits per heavy atom. The molecule has 0 amide bonds. The van der Waals surface area contributed by atoms with Crippen LogP contribution in [0.4, 0.5) is 10.2 Å². The predicted molar refractivity (Wildman–Crippen MR) is 105 cm³/mol. The average molecular weight is 392 g/mol. The quantitative estimate of drug-likeness (QED) is 0.627. The summed E-state index contributed by atoms with van der Waals surface area (Å²) >= 11 is 0. The topological polar surface area (TPSA) is 103 Å². The third kappa shape index (κ3) is 3.55. The van der Waals surface area contributed by atoms with Gasteiger partial charge in [-0.15, -0.1) is 0 Å². The van der Waals surface area contributed by atoms with E-state index in [1.165, 1.54) is 11.0 Å². The van der Waals surface area contributed by atoms with Crippen molar-refractivity contribution in [2.45, 2.75) is 33.0 Å². The molecule has 0 bridgehead atoms. The van der Waals surface area contributed by atoms with E-state index in [1.54, 1.807) is 19.9 Å². The summed E-state index contributed by atoms with van der Waals surface area (Å²) in [5, 5.41) is 16.5. The molecule has 3 heterocycles. The van der Waals surface area contributed by atoms with Crippen molar-refractivity contribution in [3.05, 3.63) is 65.0 Å². The van der Waals surface area contributed by atoms with Crippen molar-refractivity contribution in [3.63, 3.8) is 0 Å². The SMILES string of the molecule is Cc1nn(-c2cc(NC3NNC(c4ccc(C#N)cc4)C3C)ncn2)c(C)c1F. The number of hydrazine groups is 1. The van der Waals surface area contributed by atoms with Gasteiger partial charge in [0.25, 0.3) is 0 Å². The standard InChI is InChI=1S/C20H21FN8/c1-11-19(15-6-4-14(9-22)5-7-15)26-27-20(11)25-16-8-17(24-10-23-16)29-13(3)18(21)12(2)28-29/h4-8,10-11,19-20,26-27H,1-3H3,(H,23,24,25). The Bertz CT molecular complexity index is 1070. The van der Waals surface area contributed by atoms with Crippen LogP contribution in [0.3, 0.4) is 0 Å². The Kier molecular flexibility index (Phi) is 4.96. The molecule has 1 saturated heterocycles. The van der Waals surface area contributed by atoms with Gasteiger partial charge in [-0.05, 0) is 31.5 Å². The molecule has 1 aliphatic rings. The third-order valence-electron chi connectivity index (χ3n) is 5.22. The van der Waals surface area contributed by atoms with Gasteiger partial charge in [0.05, 0.1) is 35.2 Å². The highest BCUT2D eigenvalue weighted by atomic mass is 19.1. The molecule has 0 saturated carbocycles. The summed E-state index contributed by atoms with van der Waals surface area (Å²) < 4.78 is 15.5. The fourth-order valence-corrected chi connectivity index (χ4v) is 3.50. The molecule has 0 spiro atoms. The minimum atomic E-state index is -0.335. The molecule has 29 heavy (non-hydrogen) atoms. The molecule has 2 aromatic heterocycles. The summed E-state index contributed by atoms with van der Waals surface area (Å²) in [6.07, 6.45) is 1.34. The van der Waals surface area contributed by atoms with Gasteiger partial charge in [0.2, 0.25) is 0 Å². The molecule has 0 radical (unpaired) electrons. The number of benzene rings is 1. The van der Waals surface area contributed by atoms with Gasteiger partial charge in [0.1, 0.15) is 12.1 Å². The number of hydrogen-bond donors (Lipinski definition) is 3. The molecule has 3 N–H and O–H groups in total. The number of anilines is 1. The zero-order valence-corrected chi connectivity index (χ0v) is 16.3. The van der Waals surface area contributed by atoms with Crippen LogP contribution >= 0.6 is 0 Å². The van der Waals surface area contributed by atoms with Crippen LogP contribution in [0.5, 0.6) is 0 Å². The molecule has 4 rings (SSSR count). The van der Waals surface area contributed by atoms with Gasteiger partial charge in [-0.2, -0.15) is 10.4 Å². The first-order valence-electron chi connectivity index (χ1n) is 9.29. The van der Waals surface area contributed by atoms with E-state index in [4.69, 9.17) is 5.26 Å². The van der Waals surface area contributed by atoms with E-state index < -0.39 is 0 Å². The lowest BCUT2D eigenvalue weighted by Gasteiger charge is -2.20. The molecule has 1 aliphatic heterocycles. The first-order chi connectivity index (χ1) is 14.0. The molecule has 9 heteroatoms. The highest BCUT2D eigenvalue weighted by Crippen LogP contribution is 2.29. The number of hydrogen-bond acceptors (Lipinski definition) is 7. The van der Waals surface area contributed by atoms with Gasteiger partial charge in [-0.3, -0.25) is 0 Å². The molecule has 1 fully saturated rings.